The Morgan fingerprint density at radius 2 is 1.76 bits per heavy atom. The highest BCUT2D eigenvalue weighted by Crippen LogP contribution is 2.21. The van der Waals surface area contributed by atoms with Crippen molar-refractivity contribution in [2.45, 2.75) is 37.5 Å². The lowest BCUT2D eigenvalue weighted by molar-refractivity contribution is -0.0707. The molecule has 1 fully saturated rings. The molecule has 174 valence electrons. The Balaban J connectivity index is 1.36. The molecule has 1 aliphatic heterocycles. The van der Waals surface area contributed by atoms with Crippen molar-refractivity contribution >= 4 is 38.1 Å². The fourth-order valence-corrected chi connectivity index (χ4v) is 5.51. The van der Waals surface area contributed by atoms with Gasteiger partial charge in [0, 0.05) is 36.3 Å². The molecular formula is C23H26N4O4S2. The topological polar surface area (TPSA) is 101 Å². The average Bonchev–Trinajstić information content (AvgIpc) is 3.20. The fourth-order valence-electron chi connectivity index (χ4n) is 3.75. The van der Waals surface area contributed by atoms with Gasteiger partial charge in [0.25, 0.3) is 15.9 Å². The van der Waals surface area contributed by atoms with Crippen molar-refractivity contribution in [1.29, 1.82) is 0 Å². The van der Waals surface area contributed by atoms with Crippen LogP contribution in [0.1, 0.15) is 29.9 Å². The lowest BCUT2D eigenvalue weighted by atomic mass is 10.2. The van der Waals surface area contributed by atoms with E-state index in [1.165, 1.54) is 35.6 Å². The van der Waals surface area contributed by atoms with Crippen LogP contribution in [0, 0.1) is 0 Å². The number of ether oxygens (including phenoxy) is 1. The lowest BCUT2D eigenvalue weighted by Gasteiger charge is -2.34. The van der Waals surface area contributed by atoms with Crippen LogP contribution >= 0.6 is 11.3 Å². The van der Waals surface area contributed by atoms with Gasteiger partial charge in [-0.25, -0.2) is 13.4 Å². The Kier molecular flexibility index (Phi) is 7.08. The number of sulfonamides is 1. The first kappa shape index (κ1) is 23.4. The van der Waals surface area contributed by atoms with Gasteiger partial charge < -0.3 is 4.74 Å². The molecule has 2 N–H and O–H groups in total. The second-order valence-corrected chi connectivity index (χ2v) is 10.6. The van der Waals surface area contributed by atoms with Crippen LogP contribution in [0.3, 0.4) is 0 Å². The van der Waals surface area contributed by atoms with Crippen molar-refractivity contribution in [2.75, 3.05) is 23.1 Å². The van der Waals surface area contributed by atoms with Crippen molar-refractivity contribution < 1.29 is 17.9 Å². The number of nitrogens with one attached hydrogen (secondary N) is 2. The van der Waals surface area contributed by atoms with Crippen LogP contribution in [-0.4, -0.2) is 49.5 Å². The zero-order valence-electron chi connectivity index (χ0n) is 18.4. The van der Waals surface area contributed by atoms with Gasteiger partial charge in [0.05, 0.1) is 22.8 Å². The number of para-hydroxylation sites is 1. The normalized spacial score (nSPS) is 19.2. The molecule has 3 aromatic rings. The van der Waals surface area contributed by atoms with Crippen molar-refractivity contribution in [1.82, 2.24) is 9.88 Å². The number of nitrogens with zero attached hydrogens (tertiary/aromatic N) is 2. The summed E-state index contributed by atoms with van der Waals surface area (Å²) in [7, 11) is -3.74. The molecule has 1 amide bonds. The number of thiazole rings is 1. The van der Waals surface area contributed by atoms with Gasteiger partial charge >= 0.3 is 0 Å². The van der Waals surface area contributed by atoms with Crippen LogP contribution in [0.25, 0.3) is 0 Å². The Morgan fingerprint density at radius 3 is 2.42 bits per heavy atom. The number of hydrogen-bond acceptors (Lipinski definition) is 7. The largest absolute Gasteiger partial charge is 0.373 e. The van der Waals surface area contributed by atoms with E-state index in [9.17, 15) is 13.2 Å². The summed E-state index contributed by atoms with van der Waals surface area (Å²) in [5.41, 5.74) is 1.71. The predicted molar refractivity (Wildman–Crippen MR) is 129 cm³/mol. The summed E-state index contributed by atoms with van der Waals surface area (Å²) in [6.07, 6.45) is 0.363. The molecular weight excluding hydrogens is 460 g/mol. The molecule has 1 saturated heterocycles. The van der Waals surface area contributed by atoms with Gasteiger partial charge in [-0.3, -0.25) is 19.7 Å². The second-order valence-electron chi connectivity index (χ2n) is 8.05. The van der Waals surface area contributed by atoms with E-state index < -0.39 is 10.0 Å². The van der Waals surface area contributed by atoms with E-state index in [4.69, 9.17) is 4.74 Å². The number of rotatable bonds is 7. The molecule has 1 aromatic heterocycles. The summed E-state index contributed by atoms with van der Waals surface area (Å²) in [4.78, 5) is 19.5. The van der Waals surface area contributed by atoms with Crippen LogP contribution in [0.4, 0.5) is 10.8 Å². The molecule has 0 aliphatic carbocycles. The number of benzene rings is 2. The minimum atomic E-state index is -3.74. The third-order valence-corrected chi connectivity index (χ3v) is 7.31. The number of carbonyl (C=O) groups excluding carboxylic acids is 1. The van der Waals surface area contributed by atoms with E-state index in [0.29, 0.717) is 22.9 Å². The standard InChI is InChI=1S/C23H26N4O4S2/c1-16-12-27(13-17(2)31-16)14-20-15-32-23(24-20)25-22(28)18-8-10-21(11-9-18)33(29,30)26-19-6-4-3-5-7-19/h3-11,15-17,26H,12-14H2,1-2H3,(H,24,25,28). The lowest BCUT2D eigenvalue weighted by Crippen LogP contribution is -2.44. The van der Waals surface area contributed by atoms with E-state index >= 15 is 0 Å². The highest BCUT2D eigenvalue weighted by Gasteiger charge is 2.23. The molecule has 2 aromatic carbocycles. The van der Waals surface area contributed by atoms with Crippen molar-refractivity contribution in [3.8, 4) is 0 Å². The van der Waals surface area contributed by atoms with Crippen molar-refractivity contribution in [3.05, 3.63) is 71.2 Å². The maximum Gasteiger partial charge on any atom is 0.261 e. The SMILES string of the molecule is CC1CN(Cc2csc(NC(=O)c3ccc(S(=O)(=O)Nc4ccccc4)cc3)n2)CC(C)O1. The zero-order chi connectivity index (χ0) is 23.4. The first-order valence-electron chi connectivity index (χ1n) is 10.6. The maximum atomic E-state index is 12.6. The molecule has 0 bridgehead atoms. The number of hydrogen-bond donors (Lipinski definition) is 2. The second kappa shape index (κ2) is 10.0. The molecule has 8 nitrogen and oxygen atoms in total. The van der Waals surface area contributed by atoms with Crippen LogP contribution in [-0.2, 0) is 21.3 Å². The first-order chi connectivity index (χ1) is 15.8. The zero-order valence-corrected chi connectivity index (χ0v) is 20.0. The number of morpholine rings is 1. The van der Waals surface area contributed by atoms with E-state index in [1.807, 2.05) is 5.38 Å². The summed E-state index contributed by atoms with van der Waals surface area (Å²) >= 11 is 1.36. The van der Waals surface area contributed by atoms with Crippen molar-refractivity contribution in [3.63, 3.8) is 0 Å². The highest BCUT2D eigenvalue weighted by atomic mass is 32.2. The smallest absolute Gasteiger partial charge is 0.261 e. The molecule has 0 saturated carbocycles. The van der Waals surface area contributed by atoms with Gasteiger partial charge in [0.1, 0.15) is 0 Å². The number of aromatic nitrogens is 1. The fraction of sp³-hybridized carbons (Fsp3) is 0.304. The Labute approximate surface area is 197 Å². The summed E-state index contributed by atoms with van der Waals surface area (Å²) in [5, 5.41) is 5.23. The summed E-state index contributed by atoms with van der Waals surface area (Å²) in [6, 6.07) is 14.4. The van der Waals surface area contributed by atoms with Crippen LogP contribution in [0.2, 0.25) is 0 Å². The average molecular weight is 487 g/mol. The Bertz CT molecular complexity index is 1190. The maximum absolute atomic E-state index is 12.6. The van der Waals surface area contributed by atoms with Gasteiger partial charge in [-0.1, -0.05) is 18.2 Å². The molecule has 10 heteroatoms. The number of carbonyl (C=O) groups is 1. The van der Waals surface area contributed by atoms with E-state index in [2.05, 4.69) is 33.8 Å². The van der Waals surface area contributed by atoms with Gasteiger partial charge in [-0.2, -0.15) is 0 Å². The summed E-state index contributed by atoms with van der Waals surface area (Å²) in [6.45, 7) is 6.51. The van der Waals surface area contributed by atoms with Crippen LogP contribution in [0.5, 0.6) is 0 Å². The van der Waals surface area contributed by atoms with E-state index in [1.54, 1.807) is 30.3 Å². The highest BCUT2D eigenvalue weighted by molar-refractivity contribution is 7.92. The molecule has 2 unspecified atom stereocenters. The molecule has 2 heterocycles. The van der Waals surface area contributed by atoms with Crippen LogP contribution < -0.4 is 10.0 Å². The summed E-state index contributed by atoms with van der Waals surface area (Å²) in [5.74, 6) is -0.343. The number of amides is 1. The number of anilines is 2. The van der Waals surface area contributed by atoms with Crippen molar-refractivity contribution in [2.24, 2.45) is 0 Å². The minimum Gasteiger partial charge on any atom is -0.373 e. The monoisotopic (exact) mass is 486 g/mol. The van der Waals surface area contributed by atoms with Gasteiger partial charge in [0.2, 0.25) is 0 Å². The molecule has 2 atom stereocenters. The predicted octanol–water partition coefficient (Wildman–Crippen LogP) is 3.81. The molecule has 33 heavy (non-hydrogen) atoms. The Hall–Kier alpha value is -2.79. The quantitative estimate of drug-likeness (QED) is 0.527. The van der Waals surface area contributed by atoms with E-state index in [-0.39, 0.29) is 23.0 Å². The summed E-state index contributed by atoms with van der Waals surface area (Å²) < 4.78 is 33.4. The van der Waals surface area contributed by atoms with Crippen LogP contribution in [0.15, 0.2) is 64.9 Å². The first-order valence-corrected chi connectivity index (χ1v) is 13.0. The van der Waals surface area contributed by atoms with E-state index in [0.717, 1.165) is 18.8 Å². The minimum absolute atomic E-state index is 0.0772. The molecule has 4 rings (SSSR count). The van der Waals surface area contributed by atoms with Gasteiger partial charge in [-0.05, 0) is 50.2 Å². The molecule has 0 radical (unpaired) electrons. The molecule has 0 spiro atoms. The van der Waals surface area contributed by atoms with Gasteiger partial charge in [-0.15, -0.1) is 11.3 Å². The Morgan fingerprint density at radius 1 is 1.09 bits per heavy atom. The van der Waals surface area contributed by atoms with Gasteiger partial charge in [0.15, 0.2) is 5.13 Å². The third-order valence-electron chi connectivity index (χ3n) is 5.11. The molecule has 1 aliphatic rings. The third kappa shape index (κ3) is 6.17.